The molecular formula is C21H21NO6. The maximum Gasteiger partial charge on any atom is 0.355 e. The average molecular weight is 383 g/mol. The number of ether oxygens (including phenoxy) is 2. The van der Waals surface area contributed by atoms with E-state index >= 15 is 0 Å². The van der Waals surface area contributed by atoms with Gasteiger partial charge in [0.05, 0.1) is 12.2 Å². The zero-order valence-electron chi connectivity index (χ0n) is 16.2. The number of nitrogens with one attached hydrogen (secondary N) is 1. The van der Waals surface area contributed by atoms with E-state index in [2.05, 4.69) is 4.98 Å². The van der Waals surface area contributed by atoms with Crippen molar-refractivity contribution in [2.45, 2.75) is 34.3 Å². The zero-order valence-corrected chi connectivity index (χ0v) is 16.2. The molecule has 0 atom stereocenters. The van der Waals surface area contributed by atoms with Gasteiger partial charge in [0.2, 0.25) is 0 Å². The molecule has 7 heteroatoms. The Morgan fingerprint density at radius 2 is 1.82 bits per heavy atom. The number of aromatic nitrogens is 1. The Morgan fingerprint density at radius 3 is 2.54 bits per heavy atom. The van der Waals surface area contributed by atoms with Crippen LogP contribution in [-0.2, 0) is 16.1 Å². The van der Waals surface area contributed by atoms with Crippen molar-refractivity contribution < 1.29 is 23.5 Å². The van der Waals surface area contributed by atoms with E-state index in [0.717, 1.165) is 5.56 Å². The van der Waals surface area contributed by atoms with Gasteiger partial charge in [0.25, 0.3) is 0 Å². The molecule has 2 heterocycles. The van der Waals surface area contributed by atoms with Crippen LogP contribution in [-0.4, -0.2) is 23.5 Å². The van der Waals surface area contributed by atoms with Crippen molar-refractivity contribution in [2.75, 3.05) is 6.61 Å². The number of benzene rings is 1. The lowest BCUT2D eigenvalue weighted by atomic mass is 10.1. The standard InChI is InChI=1S/C21H21NO6/c1-5-26-20(24)18-12(3)19(22-13(18)4)21(25)27-10-14-9-17(23)28-16-8-11(2)6-7-15(14)16/h6-9,22H,5,10H2,1-4H3. The maximum absolute atomic E-state index is 12.6. The van der Waals surface area contributed by atoms with E-state index in [-0.39, 0.29) is 18.9 Å². The third-order valence-corrected chi connectivity index (χ3v) is 4.47. The highest BCUT2D eigenvalue weighted by molar-refractivity contribution is 5.98. The molecule has 0 saturated heterocycles. The summed E-state index contributed by atoms with van der Waals surface area (Å²) in [6, 6.07) is 6.77. The Kier molecular flexibility index (Phi) is 5.35. The molecule has 3 aromatic rings. The predicted molar refractivity (Wildman–Crippen MR) is 103 cm³/mol. The average Bonchev–Trinajstić information content (AvgIpc) is 2.93. The zero-order chi connectivity index (χ0) is 20.4. The largest absolute Gasteiger partial charge is 0.462 e. The molecule has 0 spiro atoms. The van der Waals surface area contributed by atoms with Crippen LogP contribution in [0.1, 0.15) is 50.2 Å². The second kappa shape index (κ2) is 7.72. The minimum absolute atomic E-state index is 0.101. The van der Waals surface area contributed by atoms with Crippen LogP contribution in [0.15, 0.2) is 33.5 Å². The number of aryl methyl sites for hydroxylation is 2. The molecule has 146 valence electrons. The van der Waals surface area contributed by atoms with Gasteiger partial charge in [-0.25, -0.2) is 14.4 Å². The maximum atomic E-state index is 12.6. The number of hydrogen-bond acceptors (Lipinski definition) is 6. The second-order valence-corrected chi connectivity index (χ2v) is 6.51. The Hall–Kier alpha value is -3.35. The van der Waals surface area contributed by atoms with Crippen molar-refractivity contribution in [3.8, 4) is 0 Å². The molecule has 1 N–H and O–H groups in total. The van der Waals surface area contributed by atoms with Crippen LogP contribution < -0.4 is 5.63 Å². The summed E-state index contributed by atoms with van der Waals surface area (Å²) < 4.78 is 15.6. The molecule has 0 aliphatic heterocycles. The molecular weight excluding hydrogens is 362 g/mol. The summed E-state index contributed by atoms with van der Waals surface area (Å²) in [4.78, 5) is 39.3. The van der Waals surface area contributed by atoms with Crippen LogP contribution in [0.25, 0.3) is 11.0 Å². The molecule has 3 rings (SSSR count). The van der Waals surface area contributed by atoms with Crippen LogP contribution >= 0.6 is 0 Å². The van der Waals surface area contributed by atoms with E-state index in [4.69, 9.17) is 13.9 Å². The summed E-state index contributed by atoms with van der Waals surface area (Å²) in [6.45, 7) is 7.09. The normalized spacial score (nSPS) is 10.9. The quantitative estimate of drug-likeness (QED) is 0.534. The van der Waals surface area contributed by atoms with Gasteiger partial charge in [0.1, 0.15) is 17.9 Å². The minimum atomic E-state index is -0.621. The Balaban J connectivity index is 1.86. The number of carbonyl (C=O) groups is 2. The number of H-pyrrole nitrogens is 1. The fourth-order valence-corrected chi connectivity index (χ4v) is 3.14. The van der Waals surface area contributed by atoms with E-state index < -0.39 is 17.6 Å². The highest BCUT2D eigenvalue weighted by Gasteiger charge is 2.24. The third kappa shape index (κ3) is 3.69. The van der Waals surface area contributed by atoms with Gasteiger partial charge in [-0.05, 0) is 44.9 Å². The van der Waals surface area contributed by atoms with Crippen molar-refractivity contribution in [1.29, 1.82) is 0 Å². The number of carbonyl (C=O) groups excluding carboxylic acids is 2. The van der Waals surface area contributed by atoms with Gasteiger partial charge in [-0.3, -0.25) is 0 Å². The molecule has 0 fully saturated rings. The van der Waals surface area contributed by atoms with Gasteiger partial charge < -0.3 is 18.9 Å². The molecule has 7 nitrogen and oxygen atoms in total. The van der Waals surface area contributed by atoms with E-state index in [1.165, 1.54) is 6.07 Å². The van der Waals surface area contributed by atoms with Crippen LogP contribution in [0.4, 0.5) is 0 Å². The van der Waals surface area contributed by atoms with Crippen LogP contribution in [0.2, 0.25) is 0 Å². The molecule has 0 aliphatic rings. The summed E-state index contributed by atoms with van der Waals surface area (Å²) >= 11 is 0. The molecule has 0 radical (unpaired) electrons. The van der Waals surface area contributed by atoms with E-state index in [0.29, 0.717) is 33.4 Å². The van der Waals surface area contributed by atoms with Gasteiger partial charge in [0, 0.05) is 22.7 Å². The molecule has 0 bridgehead atoms. The lowest BCUT2D eigenvalue weighted by Crippen LogP contribution is -2.10. The molecule has 0 aliphatic carbocycles. The van der Waals surface area contributed by atoms with E-state index in [1.807, 2.05) is 19.1 Å². The third-order valence-electron chi connectivity index (χ3n) is 4.47. The summed E-state index contributed by atoms with van der Waals surface area (Å²) in [6.07, 6.45) is 0. The number of rotatable bonds is 5. The number of fused-ring (bicyclic) bond motifs is 1. The first-order valence-corrected chi connectivity index (χ1v) is 8.88. The minimum Gasteiger partial charge on any atom is -0.462 e. The van der Waals surface area contributed by atoms with Gasteiger partial charge in [-0.1, -0.05) is 12.1 Å². The predicted octanol–water partition coefficient (Wildman–Crippen LogP) is 3.58. The van der Waals surface area contributed by atoms with Crippen molar-refractivity contribution in [3.05, 3.63) is 68.3 Å². The van der Waals surface area contributed by atoms with Crippen LogP contribution in [0.5, 0.6) is 0 Å². The number of esters is 2. The topological polar surface area (TPSA) is 98.6 Å². The SMILES string of the molecule is CCOC(=O)c1c(C)[nH]c(C(=O)OCc2cc(=O)oc3cc(C)ccc23)c1C. The molecule has 2 aromatic heterocycles. The molecule has 0 unspecified atom stereocenters. The number of hydrogen-bond donors (Lipinski definition) is 1. The smallest absolute Gasteiger partial charge is 0.355 e. The summed E-state index contributed by atoms with van der Waals surface area (Å²) in [7, 11) is 0. The first-order chi connectivity index (χ1) is 13.3. The van der Waals surface area contributed by atoms with Crippen molar-refractivity contribution in [1.82, 2.24) is 4.98 Å². The lowest BCUT2D eigenvalue weighted by Gasteiger charge is -2.08. The van der Waals surface area contributed by atoms with Gasteiger partial charge in [-0.15, -0.1) is 0 Å². The van der Waals surface area contributed by atoms with Crippen molar-refractivity contribution >= 4 is 22.9 Å². The van der Waals surface area contributed by atoms with Crippen molar-refractivity contribution in [2.24, 2.45) is 0 Å². The Labute approximate surface area is 161 Å². The first kappa shape index (κ1) is 19.4. The molecule has 0 amide bonds. The van der Waals surface area contributed by atoms with Crippen LogP contribution in [0.3, 0.4) is 0 Å². The summed E-state index contributed by atoms with van der Waals surface area (Å²) in [5.74, 6) is -1.11. The van der Waals surface area contributed by atoms with Gasteiger partial charge in [0.15, 0.2) is 0 Å². The summed E-state index contributed by atoms with van der Waals surface area (Å²) in [5, 5.41) is 0.699. The van der Waals surface area contributed by atoms with Crippen LogP contribution in [0, 0.1) is 20.8 Å². The highest BCUT2D eigenvalue weighted by Crippen LogP contribution is 2.22. The van der Waals surface area contributed by atoms with Crippen molar-refractivity contribution in [3.63, 3.8) is 0 Å². The number of aromatic amines is 1. The monoisotopic (exact) mass is 383 g/mol. The molecule has 28 heavy (non-hydrogen) atoms. The van der Waals surface area contributed by atoms with E-state index in [1.54, 1.807) is 26.8 Å². The van der Waals surface area contributed by atoms with Gasteiger partial charge >= 0.3 is 17.6 Å². The lowest BCUT2D eigenvalue weighted by molar-refractivity contribution is 0.0466. The first-order valence-electron chi connectivity index (χ1n) is 8.88. The highest BCUT2D eigenvalue weighted by atomic mass is 16.5. The molecule has 1 aromatic carbocycles. The molecule has 0 saturated carbocycles. The van der Waals surface area contributed by atoms with E-state index in [9.17, 15) is 14.4 Å². The fourth-order valence-electron chi connectivity index (χ4n) is 3.14. The Morgan fingerprint density at radius 1 is 1.07 bits per heavy atom. The fraction of sp³-hybridized carbons (Fsp3) is 0.286. The second-order valence-electron chi connectivity index (χ2n) is 6.51. The Bertz CT molecular complexity index is 1120. The summed E-state index contributed by atoms with van der Waals surface area (Å²) in [5.41, 5.74) is 2.94. The van der Waals surface area contributed by atoms with Gasteiger partial charge in [-0.2, -0.15) is 0 Å².